The van der Waals surface area contributed by atoms with E-state index in [-0.39, 0.29) is 36.1 Å². The van der Waals surface area contributed by atoms with E-state index in [2.05, 4.69) is 60.0 Å². The fraction of sp³-hybridized carbons (Fsp3) is 0.585. The number of carbonyl (C=O) groups is 3. The minimum Gasteiger partial charge on any atom is -0.375 e. The Bertz CT molecular complexity index is 1680. The highest BCUT2D eigenvalue weighted by atomic mass is 16.5. The Morgan fingerprint density at radius 2 is 1.60 bits per heavy atom. The summed E-state index contributed by atoms with van der Waals surface area (Å²) in [6, 6.07) is 15.9. The van der Waals surface area contributed by atoms with E-state index in [1.807, 2.05) is 81.9 Å². The second-order valence-corrected chi connectivity index (χ2v) is 16.4. The lowest BCUT2D eigenvalue weighted by Crippen LogP contribution is -2.49. The quantitative estimate of drug-likeness (QED) is 0.128. The third kappa shape index (κ3) is 11.0. The number of anilines is 1. The van der Waals surface area contributed by atoms with Crippen molar-refractivity contribution in [3.8, 4) is 22.5 Å². The van der Waals surface area contributed by atoms with Crippen molar-refractivity contribution in [3.05, 3.63) is 54.1 Å². The Labute approximate surface area is 310 Å². The molecule has 0 saturated heterocycles. The number of para-hydroxylation sites is 1. The number of fused-ring (bicyclic) bond motifs is 5. The third-order valence-electron chi connectivity index (χ3n) is 9.70. The molecule has 0 radical (unpaired) electrons. The van der Waals surface area contributed by atoms with Crippen molar-refractivity contribution < 1.29 is 19.1 Å². The standard InChI is InChI=1S/C41H61N7O4/c1-29(2)27-40(5,6)44-38(51)39(3,4)22-26-52-41(7,8)21-24-43-34(49)19-20-35(50)47-28-30-15-10-11-16-31(30)37-36(32-17-12-13-18-33(32)47)45-46-48(37)25-14-23-42-9/h10-13,15-18,29,42H,14,19-28H2,1-9H3,(H,43,49)(H,44,51). The van der Waals surface area contributed by atoms with Gasteiger partial charge in [0.15, 0.2) is 0 Å². The van der Waals surface area contributed by atoms with Crippen molar-refractivity contribution in [1.29, 1.82) is 0 Å². The SMILES string of the molecule is CNCCCn1nnc2c1-c1ccccc1CN(C(=O)CCC(=O)NCCC(C)(C)OCCC(C)(C)C(=O)NC(C)(C)CC(C)C)c1ccccc1-2. The number of rotatable bonds is 18. The lowest BCUT2D eigenvalue weighted by molar-refractivity contribution is -0.133. The van der Waals surface area contributed by atoms with Crippen molar-refractivity contribution in [2.24, 2.45) is 11.3 Å². The molecule has 52 heavy (non-hydrogen) atoms. The van der Waals surface area contributed by atoms with Crippen LogP contribution in [0.25, 0.3) is 22.5 Å². The van der Waals surface area contributed by atoms with Crippen LogP contribution in [0.15, 0.2) is 48.5 Å². The Morgan fingerprint density at radius 3 is 2.31 bits per heavy atom. The number of hydrogen-bond donors (Lipinski definition) is 3. The summed E-state index contributed by atoms with van der Waals surface area (Å²) in [4.78, 5) is 41.7. The normalized spacial score (nSPS) is 13.2. The number of amides is 3. The van der Waals surface area contributed by atoms with Crippen LogP contribution in [0.3, 0.4) is 0 Å². The second-order valence-electron chi connectivity index (χ2n) is 16.4. The number of nitrogens with zero attached hydrogens (tertiary/aromatic N) is 4. The molecule has 0 unspecified atom stereocenters. The van der Waals surface area contributed by atoms with Crippen LogP contribution in [0.2, 0.25) is 0 Å². The molecule has 0 bridgehead atoms. The zero-order valence-corrected chi connectivity index (χ0v) is 32.9. The number of carbonyl (C=O) groups excluding carboxylic acids is 3. The predicted molar refractivity (Wildman–Crippen MR) is 208 cm³/mol. The van der Waals surface area contributed by atoms with Crippen molar-refractivity contribution in [2.75, 3.05) is 31.6 Å². The third-order valence-corrected chi connectivity index (χ3v) is 9.70. The number of aromatic nitrogens is 3. The molecule has 2 heterocycles. The lowest BCUT2D eigenvalue weighted by atomic mass is 9.85. The Hall–Kier alpha value is -4.09. The van der Waals surface area contributed by atoms with Gasteiger partial charge in [-0.3, -0.25) is 14.4 Å². The fourth-order valence-corrected chi connectivity index (χ4v) is 6.86. The summed E-state index contributed by atoms with van der Waals surface area (Å²) in [5, 5.41) is 18.5. The molecule has 3 N–H and O–H groups in total. The molecule has 3 amide bonds. The average Bonchev–Trinajstić information content (AvgIpc) is 3.47. The minimum atomic E-state index is -0.576. The molecule has 0 saturated carbocycles. The monoisotopic (exact) mass is 715 g/mol. The van der Waals surface area contributed by atoms with E-state index in [0.717, 1.165) is 59.7 Å². The first kappa shape index (κ1) is 40.7. The molecule has 2 aromatic carbocycles. The highest BCUT2D eigenvalue weighted by Gasteiger charge is 2.33. The van der Waals surface area contributed by atoms with Crippen LogP contribution in [0, 0.1) is 11.3 Å². The van der Waals surface area contributed by atoms with Crippen LogP contribution in [0.1, 0.15) is 99.5 Å². The summed E-state index contributed by atoms with van der Waals surface area (Å²) >= 11 is 0. The molecule has 284 valence electrons. The molecule has 1 aliphatic rings. The second kappa shape index (κ2) is 17.6. The molecule has 0 atom stereocenters. The van der Waals surface area contributed by atoms with Gasteiger partial charge in [-0.05, 0) is 84.5 Å². The molecule has 11 heteroatoms. The minimum absolute atomic E-state index is 0.0260. The maximum absolute atomic E-state index is 13.9. The lowest BCUT2D eigenvalue weighted by Gasteiger charge is -2.34. The number of nitrogens with one attached hydrogen (secondary N) is 3. The van der Waals surface area contributed by atoms with Gasteiger partial charge in [0.1, 0.15) is 5.69 Å². The van der Waals surface area contributed by atoms with E-state index in [1.165, 1.54) is 0 Å². The molecule has 4 rings (SSSR count). The van der Waals surface area contributed by atoms with Gasteiger partial charge in [-0.2, -0.15) is 0 Å². The van der Waals surface area contributed by atoms with Gasteiger partial charge in [0.05, 0.1) is 23.5 Å². The van der Waals surface area contributed by atoms with E-state index in [4.69, 9.17) is 4.74 Å². The van der Waals surface area contributed by atoms with Crippen molar-refractivity contribution in [1.82, 2.24) is 30.9 Å². The first-order chi connectivity index (χ1) is 24.5. The summed E-state index contributed by atoms with van der Waals surface area (Å²) in [7, 11) is 1.94. The van der Waals surface area contributed by atoms with Gasteiger partial charge < -0.3 is 25.6 Å². The number of benzene rings is 2. The molecule has 1 aromatic heterocycles. The molecule has 0 spiro atoms. The van der Waals surface area contributed by atoms with E-state index in [9.17, 15) is 14.4 Å². The summed E-state index contributed by atoms with van der Waals surface area (Å²) in [5.74, 6) is 0.196. The van der Waals surface area contributed by atoms with Crippen LogP contribution < -0.4 is 20.9 Å². The Kier molecular flexibility index (Phi) is 13.8. The Balaban J connectivity index is 1.32. The number of ether oxygens (including phenoxy) is 1. The predicted octanol–water partition coefficient (Wildman–Crippen LogP) is 6.51. The van der Waals surface area contributed by atoms with Gasteiger partial charge >= 0.3 is 0 Å². The zero-order valence-electron chi connectivity index (χ0n) is 32.9. The van der Waals surface area contributed by atoms with Crippen LogP contribution in [-0.4, -0.2) is 70.6 Å². The van der Waals surface area contributed by atoms with Gasteiger partial charge in [-0.1, -0.05) is 75.4 Å². The average molecular weight is 716 g/mol. The maximum Gasteiger partial charge on any atom is 0.227 e. The van der Waals surface area contributed by atoms with E-state index in [1.54, 1.807) is 4.90 Å². The van der Waals surface area contributed by atoms with Crippen molar-refractivity contribution >= 4 is 23.4 Å². The first-order valence-corrected chi connectivity index (χ1v) is 18.8. The van der Waals surface area contributed by atoms with Crippen molar-refractivity contribution in [3.63, 3.8) is 0 Å². The van der Waals surface area contributed by atoms with Gasteiger partial charge in [-0.15, -0.1) is 5.10 Å². The van der Waals surface area contributed by atoms with Gasteiger partial charge in [0.2, 0.25) is 17.7 Å². The topological polar surface area (TPSA) is 130 Å². The largest absolute Gasteiger partial charge is 0.375 e. The smallest absolute Gasteiger partial charge is 0.227 e. The molecule has 0 fully saturated rings. The summed E-state index contributed by atoms with van der Waals surface area (Å²) in [6.07, 6.45) is 3.12. The fourth-order valence-electron chi connectivity index (χ4n) is 6.86. The first-order valence-electron chi connectivity index (χ1n) is 18.8. The van der Waals surface area contributed by atoms with Crippen LogP contribution in [-0.2, 0) is 32.2 Å². The highest BCUT2D eigenvalue weighted by molar-refractivity contribution is 6.01. The Morgan fingerprint density at radius 1 is 0.904 bits per heavy atom. The van der Waals surface area contributed by atoms with Crippen LogP contribution in [0.4, 0.5) is 5.69 Å². The van der Waals surface area contributed by atoms with Gasteiger partial charge in [0.25, 0.3) is 0 Å². The maximum atomic E-state index is 13.9. The van der Waals surface area contributed by atoms with Gasteiger partial charge in [-0.25, -0.2) is 4.68 Å². The van der Waals surface area contributed by atoms with Crippen molar-refractivity contribution in [2.45, 2.75) is 118 Å². The summed E-state index contributed by atoms with van der Waals surface area (Å²) in [5.41, 5.74) is 3.93. The van der Waals surface area contributed by atoms with E-state index < -0.39 is 11.0 Å². The number of aryl methyl sites for hydroxylation is 1. The summed E-state index contributed by atoms with van der Waals surface area (Å²) in [6.45, 7) is 19.1. The number of hydrogen-bond acceptors (Lipinski definition) is 7. The summed E-state index contributed by atoms with van der Waals surface area (Å²) < 4.78 is 8.16. The molecule has 3 aromatic rings. The van der Waals surface area contributed by atoms with Crippen LogP contribution >= 0.6 is 0 Å². The molecule has 1 aliphatic heterocycles. The molecule has 0 aliphatic carbocycles. The highest BCUT2D eigenvalue weighted by Crippen LogP contribution is 2.41. The molecule has 11 nitrogen and oxygen atoms in total. The van der Waals surface area contributed by atoms with E-state index >= 15 is 0 Å². The molecular formula is C41H61N7O4. The van der Waals surface area contributed by atoms with E-state index in [0.29, 0.717) is 38.5 Å². The van der Waals surface area contributed by atoms with Crippen LogP contribution in [0.5, 0.6) is 0 Å². The zero-order chi connectivity index (χ0) is 38.1. The van der Waals surface area contributed by atoms with Gasteiger partial charge in [0, 0.05) is 54.6 Å². The molecular weight excluding hydrogens is 654 g/mol.